The smallest absolute Gasteiger partial charge is 0.250 e. The average Bonchev–Trinajstić information content (AvgIpc) is 2.53. The minimum atomic E-state index is -1.17. The molecule has 0 aliphatic carbocycles. The Morgan fingerprint density at radius 2 is 2.00 bits per heavy atom. The highest BCUT2D eigenvalue weighted by Crippen LogP contribution is 2.42. The van der Waals surface area contributed by atoms with E-state index in [-0.39, 0.29) is 11.8 Å². The van der Waals surface area contributed by atoms with Crippen LogP contribution in [0.4, 0.5) is 5.69 Å². The summed E-state index contributed by atoms with van der Waals surface area (Å²) in [5.41, 5.74) is 2.91. The van der Waals surface area contributed by atoms with Crippen molar-refractivity contribution in [1.29, 1.82) is 0 Å². The lowest BCUT2D eigenvalue weighted by Gasteiger charge is -2.31. The predicted molar refractivity (Wildman–Crippen MR) is 92.4 cm³/mol. The van der Waals surface area contributed by atoms with Crippen LogP contribution in [0.25, 0.3) is 0 Å². The first kappa shape index (κ1) is 15.6. The number of rotatable bonds is 3. The molecule has 4 nitrogen and oxygen atoms in total. The second-order valence-corrected chi connectivity index (χ2v) is 7.22. The van der Waals surface area contributed by atoms with Crippen LogP contribution in [0.5, 0.6) is 0 Å². The molecule has 1 unspecified atom stereocenters. The van der Waals surface area contributed by atoms with Gasteiger partial charge < -0.3 is 10.6 Å². The molecule has 118 valence electrons. The fourth-order valence-electron chi connectivity index (χ4n) is 2.49. The Balaban J connectivity index is 1.75. The zero-order valence-corrected chi connectivity index (χ0v) is 13.9. The van der Waals surface area contributed by atoms with Crippen molar-refractivity contribution < 1.29 is 9.59 Å². The van der Waals surface area contributed by atoms with Gasteiger partial charge in [0.2, 0.25) is 11.8 Å². The Kier molecular flexibility index (Phi) is 4.13. The highest BCUT2D eigenvalue weighted by atomic mass is 32.2. The fraction of sp³-hybridized carbons (Fsp3) is 0.222. The minimum absolute atomic E-state index is 0.281. The third-order valence-corrected chi connectivity index (χ3v) is 5.21. The van der Waals surface area contributed by atoms with E-state index in [0.29, 0.717) is 6.54 Å². The van der Waals surface area contributed by atoms with Gasteiger partial charge in [0.05, 0.1) is 5.69 Å². The van der Waals surface area contributed by atoms with Crippen molar-refractivity contribution in [2.75, 3.05) is 5.32 Å². The molecular weight excluding hydrogens is 308 g/mol. The van der Waals surface area contributed by atoms with Gasteiger partial charge in [-0.05, 0) is 31.5 Å². The first-order valence-electron chi connectivity index (χ1n) is 7.42. The summed E-state index contributed by atoms with van der Waals surface area (Å²) >= 11 is 1.29. The lowest BCUT2D eigenvalue weighted by molar-refractivity contribution is -0.130. The Bertz CT molecular complexity index is 775. The van der Waals surface area contributed by atoms with Gasteiger partial charge >= 0.3 is 0 Å². The number of anilines is 1. The van der Waals surface area contributed by atoms with E-state index in [2.05, 4.69) is 10.6 Å². The second-order valence-electron chi connectivity index (χ2n) is 5.76. The van der Waals surface area contributed by atoms with Gasteiger partial charge in [-0.15, -0.1) is 0 Å². The average molecular weight is 326 g/mol. The van der Waals surface area contributed by atoms with Crippen molar-refractivity contribution in [2.24, 2.45) is 0 Å². The first-order chi connectivity index (χ1) is 11.0. The van der Waals surface area contributed by atoms with E-state index < -0.39 is 4.75 Å². The minimum Gasteiger partial charge on any atom is -0.350 e. The SMILES string of the molecule is Cc1cccc(CNC(=O)C2(C)Sc3ccccc3NC2=O)c1. The molecule has 0 fully saturated rings. The van der Waals surface area contributed by atoms with Gasteiger partial charge in [-0.1, -0.05) is 53.7 Å². The number of hydrogen-bond donors (Lipinski definition) is 2. The summed E-state index contributed by atoms with van der Waals surface area (Å²) in [5.74, 6) is -0.570. The molecule has 2 N–H and O–H groups in total. The van der Waals surface area contributed by atoms with E-state index in [1.54, 1.807) is 6.92 Å². The molecular formula is C18H18N2O2S. The Morgan fingerprint density at radius 3 is 2.78 bits per heavy atom. The number of amides is 2. The van der Waals surface area contributed by atoms with Gasteiger partial charge in [0.15, 0.2) is 4.75 Å². The third kappa shape index (κ3) is 3.10. The maximum Gasteiger partial charge on any atom is 0.250 e. The quantitative estimate of drug-likeness (QED) is 0.852. The lowest BCUT2D eigenvalue weighted by Crippen LogP contribution is -2.51. The number of benzene rings is 2. The number of carbonyl (C=O) groups excluding carboxylic acids is 2. The molecule has 0 saturated carbocycles. The summed E-state index contributed by atoms with van der Waals surface area (Å²) in [6, 6.07) is 15.4. The Morgan fingerprint density at radius 1 is 1.22 bits per heavy atom. The molecule has 0 radical (unpaired) electrons. The van der Waals surface area contributed by atoms with Gasteiger partial charge in [-0.25, -0.2) is 0 Å². The molecule has 1 aliphatic heterocycles. The van der Waals surface area contributed by atoms with E-state index >= 15 is 0 Å². The molecule has 2 aromatic carbocycles. The summed E-state index contributed by atoms with van der Waals surface area (Å²) in [6.45, 7) is 4.08. The van der Waals surface area contributed by atoms with Crippen molar-refractivity contribution in [3.05, 3.63) is 59.7 Å². The predicted octanol–water partition coefficient (Wildman–Crippen LogP) is 3.11. The van der Waals surface area contributed by atoms with E-state index in [9.17, 15) is 9.59 Å². The van der Waals surface area contributed by atoms with Crippen LogP contribution in [0.1, 0.15) is 18.1 Å². The fourth-order valence-corrected chi connectivity index (χ4v) is 3.61. The number of thioether (sulfide) groups is 1. The van der Waals surface area contributed by atoms with E-state index in [1.165, 1.54) is 11.8 Å². The van der Waals surface area contributed by atoms with E-state index in [1.807, 2.05) is 55.5 Å². The zero-order valence-electron chi connectivity index (χ0n) is 13.1. The van der Waals surface area contributed by atoms with Gasteiger partial charge in [-0.3, -0.25) is 9.59 Å². The van der Waals surface area contributed by atoms with Crippen molar-refractivity contribution in [2.45, 2.75) is 30.0 Å². The summed E-state index contributed by atoms with van der Waals surface area (Å²) < 4.78 is -1.17. The normalized spacial score (nSPS) is 19.7. The summed E-state index contributed by atoms with van der Waals surface area (Å²) in [4.78, 5) is 25.9. The molecule has 0 aromatic heterocycles. The summed E-state index contributed by atoms with van der Waals surface area (Å²) in [7, 11) is 0. The standard InChI is InChI=1S/C18H18N2O2S/c1-12-6-5-7-13(10-12)11-19-16(21)18(2)17(22)20-14-8-3-4-9-15(14)23-18/h3-10H,11H2,1-2H3,(H,19,21)(H,20,22). The molecule has 5 heteroatoms. The highest BCUT2D eigenvalue weighted by molar-refractivity contribution is 8.02. The van der Waals surface area contributed by atoms with Crippen LogP contribution in [0, 0.1) is 6.92 Å². The Hall–Kier alpha value is -2.27. The van der Waals surface area contributed by atoms with Crippen LogP contribution in [0.2, 0.25) is 0 Å². The van der Waals surface area contributed by atoms with E-state index in [0.717, 1.165) is 21.7 Å². The van der Waals surface area contributed by atoms with Crippen molar-refractivity contribution in [3.8, 4) is 0 Å². The molecule has 2 amide bonds. The molecule has 1 atom stereocenters. The largest absolute Gasteiger partial charge is 0.350 e. The van der Waals surface area contributed by atoms with Gasteiger partial charge in [0.25, 0.3) is 0 Å². The van der Waals surface area contributed by atoms with Crippen LogP contribution in [0.15, 0.2) is 53.4 Å². The van der Waals surface area contributed by atoms with Crippen LogP contribution >= 0.6 is 11.8 Å². The van der Waals surface area contributed by atoms with Gasteiger partial charge in [0, 0.05) is 11.4 Å². The maximum absolute atomic E-state index is 12.6. The molecule has 0 saturated heterocycles. The molecule has 23 heavy (non-hydrogen) atoms. The van der Waals surface area contributed by atoms with Crippen LogP contribution in [-0.2, 0) is 16.1 Å². The van der Waals surface area contributed by atoms with Crippen molar-refractivity contribution >= 4 is 29.3 Å². The molecule has 1 heterocycles. The third-order valence-electron chi connectivity index (χ3n) is 3.85. The molecule has 0 bridgehead atoms. The van der Waals surface area contributed by atoms with Crippen LogP contribution < -0.4 is 10.6 Å². The number of nitrogens with one attached hydrogen (secondary N) is 2. The van der Waals surface area contributed by atoms with Crippen LogP contribution in [-0.4, -0.2) is 16.6 Å². The molecule has 0 spiro atoms. The van der Waals surface area contributed by atoms with Crippen LogP contribution in [0.3, 0.4) is 0 Å². The monoisotopic (exact) mass is 326 g/mol. The van der Waals surface area contributed by atoms with E-state index in [4.69, 9.17) is 0 Å². The number of hydrogen-bond acceptors (Lipinski definition) is 3. The topological polar surface area (TPSA) is 58.2 Å². The number of carbonyl (C=O) groups is 2. The van der Waals surface area contributed by atoms with Gasteiger partial charge in [-0.2, -0.15) is 0 Å². The number of aryl methyl sites for hydroxylation is 1. The number of para-hydroxylation sites is 1. The highest BCUT2D eigenvalue weighted by Gasteiger charge is 2.45. The summed E-state index contributed by atoms with van der Waals surface area (Å²) in [6.07, 6.45) is 0. The second kappa shape index (κ2) is 6.08. The van der Waals surface area contributed by atoms with Crippen molar-refractivity contribution in [1.82, 2.24) is 5.32 Å². The maximum atomic E-state index is 12.6. The molecule has 2 aromatic rings. The lowest BCUT2D eigenvalue weighted by atomic mass is 10.1. The number of fused-ring (bicyclic) bond motifs is 1. The Labute approximate surface area is 139 Å². The summed E-state index contributed by atoms with van der Waals surface area (Å²) in [5, 5.41) is 5.70. The van der Waals surface area contributed by atoms with Gasteiger partial charge in [0.1, 0.15) is 0 Å². The molecule has 3 rings (SSSR count). The molecule has 1 aliphatic rings. The zero-order chi connectivity index (χ0) is 16.4. The first-order valence-corrected chi connectivity index (χ1v) is 8.24. The van der Waals surface area contributed by atoms with Crippen molar-refractivity contribution in [3.63, 3.8) is 0 Å².